The molecule has 1 saturated carbocycles. The van der Waals surface area contributed by atoms with Gasteiger partial charge in [0.05, 0.1) is 26.7 Å². The fourth-order valence-electron chi connectivity index (χ4n) is 4.30. The molecule has 2 aliphatic heterocycles. The molecule has 2 saturated heterocycles. The van der Waals surface area contributed by atoms with E-state index in [0.717, 1.165) is 5.56 Å². The lowest BCUT2D eigenvalue weighted by Gasteiger charge is -2.44. The van der Waals surface area contributed by atoms with Crippen molar-refractivity contribution in [2.45, 2.75) is 43.4 Å². The van der Waals surface area contributed by atoms with Crippen LogP contribution in [0.2, 0.25) is 10.0 Å². The lowest BCUT2D eigenvalue weighted by Crippen LogP contribution is -2.59. The maximum Gasteiger partial charge on any atom is 0.282 e. The highest BCUT2D eigenvalue weighted by Gasteiger charge is 2.66. The van der Waals surface area contributed by atoms with Crippen molar-refractivity contribution in [3.8, 4) is 0 Å². The van der Waals surface area contributed by atoms with Gasteiger partial charge in [0, 0.05) is 26.1 Å². The second-order valence-corrected chi connectivity index (χ2v) is 8.30. The van der Waals surface area contributed by atoms with E-state index >= 15 is 0 Å². The molecule has 0 radical (unpaired) electrons. The normalized spacial score (nSPS) is 29.1. The van der Waals surface area contributed by atoms with Crippen LogP contribution >= 0.6 is 23.2 Å². The number of amides is 1. The summed E-state index contributed by atoms with van der Waals surface area (Å²) in [6.45, 7) is 1.96. The number of ether oxygens (including phenoxy) is 1. The van der Waals surface area contributed by atoms with Crippen LogP contribution in [0.5, 0.6) is 0 Å². The van der Waals surface area contributed by atoms with E-state index < -0.39 is 29.7 Å². The summed E-state index contributed by atoms with van der Waals surface area (Å²) in [6.07, 6.45) is -0.799. The van der Waals surface area contributed by atoms with E-state index in [9.17, 15) is 13.6 Å². The van der Waals surface area contributed by atoms with Gasteiger partial charge in [-0.15, -0.1) is 0 Å². The second-order valence-electron chi connectivity index (χ2n) is 7.49. The number of fused-ring (bicyclic) bond motifs is 1. The number of carbonyl (C=O) groups excluding carboxylic acids is 1. The van der Waals surface area contributed by atoms with E-state index in [1.807, 2.05) is 6.92 Å². The van der Waals surface area contributed by atoms with Gasteiger partial charge in [0.25, 0.3) is 12.3 Å². The number of carbonyl (C=O) groups is 1. The molecule has 5 nitrogen and oxygen atoms in total. The first-order chi connectivity index (χ1) is 12.6. The molecule has 3 aliphatic rings. The van der Waals surface area contributed by atoms with Crippen LogP contribution in [0.25, 0.3) is 0 Å². The monoisotopic (exact) mass is 415 g/mol. The van der Waals surface area contributed by atoms with Gasteiger partial charge in [-0.1, -0.05) is 29.3 Å². The molecule has 1 N–H and O–H groups in total. The van der Waals surface area contributed by atoms with Crippen molar-refractivity contribution < 1.29 is 18.3 Å². The molecule has 1 amide bonds. The van der Waals surface area contributed by atoms with Crippen LogP contribution in [0.3, 0.4) is 0 Å². The van der Waals surface area contributed by atoms with Gasteiger partial charge in [-0.2, -0.15) is 5.10 Å². The molecule has 144 valence electrons. The average Bonchev–Trinajstić information content (AvgIpc) is 3.17. The molecule has 3 fully saturated rings. The maximum atomic E-state index is 13.2. The average molecular weight is 416 g/mol. The lowest BCUT2D eigenvalue weighted by atomic mass is 9.66. The van der Waals surface area contributed by atoms with Gasteiger partial charge < -0.3 is 10.1 Å². The predicted molar refractivity (Wildman–Crippen MR) is 96.3 cm³/mol. The van der Waals surface area contributed by atoms with Crippen molar-refractivity contribution in [3.63, 3.8) is 0 Å². The van der Waals surface area contributed by atoms with Gasteiger partial charge >= 0.3 is 0 Å². The quantitative estimate of drug-likeness (QED) is 0.801. The number of nitrogens with zero attached hydrogens (tertiary/aromatic N) is 2. The van der Waals surface area contributed by atoms with Gasteiger partial charge in [0.15, 0.2) is 0 Å². The molecule has 27 heavy (non-hydrogen) atoms. The highest BCUT2D eigenvalue weighted by atomic mass is 35.5. The Morgan fingerprint density at radius 3 is 2.70 bits per heavy atom. The van der Waals surface area contributed by atoms with E-state index in [2.05, 4.69) is 10.4 Å². The van der Waals surface area contributed by atoms with E-state index in [4.69, 9.17) is 27.9 Å². The number of aromatic nitrogens is 2. The van der Waals surface area contributed by atoms with Crippen molar-refractivity contribution in [2.24, 2.45) is 7.05 Å². The highest BCUT2D eigenvalue weighted by Crippen LogP contribution is 2.61. The standard InChI is InChI=1S/C18H17Cl2F2N3O2/c1-17-7-18(8-17,14(27-17)9-3-4-11(19)12(20)5-9)23-16(26)10-6-25(2)24-13(10)15(21)22/h3-6,14-15H,7-8H2,1-2H3,(H,23,26). The zero-order valence-corrected chi connectivity index (χ0v) is 16.1. The SMILES string of the molecule is Cn1cc(C(=O)NC23CC(C)(C2)OC3c2ccc(Cl)c(Cl)c2)c(C(F)F)n1. The fraction of sp³-hybridized carbons (Fsp3) is 0.444. The molecule has 3 heterocycles. The predicted octanol–water partition coefficient (Wildman–Crippen LogP) is 4.46. The van der Waals surface area contributed by atoms with Crippen molar-refractivity contribution >= 4 is 29.1 Å². The number of rotatable bonds is 4. The van der Waals surface area contributed by atoms with E-state index in [0.29, 0.717) is 22.9 Å². The minimum absolute atomic E-state index is 0.129. The number of hydrogen-bond acceptors (Lipinski definition) is 3. The number of halogens is 4. The van der Waals surface area contributed by atoms with Crippen molar-refractivity contribution in [1.82, 2.24) is 15.1 Å². The Morgan fingerprint density at radius 1 is 1.37 bits per heavy atom. The van der Waals surface area contributed by atoms with Crippen molar-refractivity contribution in [1.29, 1.82) is 0 Å². The molecule has 1 unspecified atom stereocenters. The summed E-state index contributed by atoms with van der Waals surface area (Å²) in [5.74, 6) is -0.587. The third kappa shape index (κ3) is 3.02. The Balaban J connectivity index is 1.64. The Hall–Kier alpha value is -1.70. The number of hydrogen-bond donors (Lipinski definition) is 1. The molecule has 5 rings (SSSR count). The minimum Gasteiger partial charge on any atom is -0.365 e. The smallest absolute Gasteiger partial charge is 0.282 e. The molecule has 9 heteroatoms. The van der Waals surface area contributed by atoms with Gasteiger partial charge in [0.2, 0.25) is 0 Å². The molecule has 1 aliphatic carbocycles. The van der Waals surface area contributed by atoms with E-state index in [1.54, 1.807) is 18.2 Å². The van der Waals surface area contributed by atoms with Crippen molar-refractivity contribution in [3.05, 3.63) is 51.3 Å². The summed E-state index contributed by atoms with van der Waals surface area (Å²) < 4.78 is 33.7. The molecular formula is C18H17Cl2F2N3O2. The Kier molecular flexibility index (Phi) is 4.25. The number of benzene rings is 1. The van der Waals surface area contributed by atoms with Crippen LogP contribution in [-0.2, 0) is 11.8 Å². The second kappa shape index (κ2) is 6.15. The number of alkyl halides is 2. The first-order valence-corrected chi connectivity index (χ1v) is 9.15. The highest BCUT2D eigenvalue weighted by molar-refractivity contribution is 6.42. The van der Waals surface area contributed by atoms with Gasteiger partial charge in [-0.25, -0.2) is 8.78 Å². The van der Waals surface area contributed by atoms with Crippen LogP contribution in [0.4, 0.5) is 8.78 Å². The maximum absolute atomic E-state index is 13.2. The molecule has 1 aromatic carbocycles. The minimum atomic E-state index is -2.83. The van der Waals surface area contributed by atoms with Crippen LogP contribution in [0, 0.1) is 0 Å². The topological polar surface area (TPSA) is 56.2 Å². The summed E-state index contributed by atoms with van der Waals surface area (Å²) in [6, 6.07) is 5.18. The largest absolute Gasteiger partial charge is 0.365 e. The molecule has 0 spiro atoms. The van der Waals surface area contributed by atoms with Gasteiger partial charge in [-0.3, -0.25) is 9.48 Å². The Bertz CT molecular complexity index is 925. The third-order valence-corrected chi connectivity index (χ3v) is 5.94. The summed E-state index contributed by atoms with van der Waals surface area (Å²) in [4.78, 5) is 12.8. The molecule has 2 bridgehead atoms. The summed E-state index contributed by atoms with van der Waals surface area (Å²) in [5, 5.41) is 7.44. The molecule has 2 aromatic rings. The first kappa shape index (κ1) is 18.7. The number of aryl methyl sites for hydroxylation is 1. The first-order valence-electron chi connectivity index (χ1n) is 8.39. The Morgan fingerprint density at radius 2 is 2.07 bits per heavy atom. The third-order valence-electron chi connectivity index (χ3n) is 5.20. The molecular weight excluding hydrogens is 399 g/mol. The fourth-order valence-corrected chi connectivity index (χ4v) is 4.61. The molecule has 1 aromatic heterocycles. The summed E-state index contributed by atoms with van der Waals surface area (Å²) in [7, 11) is 1.50. The zero-order valence-electron chi connectivity index (χ0n) is 14.6. The van der Waals surface area contributed by atoms with Crippen LogP contribution in [-0.4, -0.2) is 26.8 Å². The van der Waals surface area contributed by atoms with E-state index in [-0.39, 0.29) is 11.2 Å². The molecule has 1 atom stereocenters. The van der Waals surface area contributed by atoms with Crippen LogP contribution in [0.1, 0.15) is 53.9 Å². The zero-order chi connectivity index (χ0) is 19.6. The van der Waals surface area contributed by atoms with Crippen molar-refractivity contribution in [2.75, 3.05) is 0 Å². The van der Waals surface area contributed by atoms with Gasteiger partial charge in [-0.05, 0) is 24.6 Å². The van der Waals surface area contributed by atoms with Crippen LogP contribution < -0.4 is 5.32 Å². The summed E-state index contributed by atoms with van der Waals surface area (Å²) >= 11 is 12.1. The summed E-state index contributed by atoms with van der Waals surface area (Å²) in [5.41, 5.74) is -0.928. The van der Waals surface area contributed by atoms with Gasteiger partial charge in [0.1, 0.15) is 11.8 Å². The van der Waals surface area contributed by atoms with E-state index in [1.165, 1.54) is 17.9 Å². The lowest BCUT2D eigenvalue weighted by molar-refractivity contribution is -0.00979. The Labute approximate surface area is 164 Å². The number of nitrogens with one attached hydrogen (secondary N) is 1. The van der Waals surface area contributed by atoms with Crippen LogP contribution in [0.15, 0.2) is 24.4 Å².